The molecule has 0 aliphatic carbocycles. The van der Waals surface area contributed by atoms with Crippen LogP contribution in [0.1, 0.15) is 12.5 Å². The molecule has 1 heterocycles. The van der Waals surface area contributed by atoms with Crippen molar-refractivity contribution in [3.63, 3.8) is 0 Å². The van der Waals surface area contributed by atoms with Crippen LogP contribution in [-0.2, 0) is 0 Å². The first-order valence-electron chi connectivity index (χ1n) is 8.29. The van der Waals surface area contributed by atoms with Gasteiger partial charge in [0.2, 0.25) is 5.84 Å². The van der Waals surface area contributed by atoms with Crippen molar-refractivity contribution < 1.29 is 9.90 Å². The molecule has 0 N–H and O–H groups in total. The zero-order valence-electron chi connectivity index (χ0n) is 14.2. The molecule has 0 unspecified atom stereocenters. The van der Waals surface area contributed by atoms with E-state index in [4.69, 9.17) is 0 Å². The lowest BCUT2D eigenvalue weighted by molar-refractivity contribution is -0.710. The van der Waals surface area contributed by atoms with Crippen LogP contribution in [0.15, 0.2) is 89.0 Å². The predicted molar refractivity (Wildman–Crippen MR) is 101 cm³/mol. The normalized spacial score (nSPS) is 12.7. The molecule has 0 saturated carbocycles. The molecule has 4 rings (SSSR count). The third-order valence-electron chi connectivity index (χ3n) is 4.00. The zero-order valence-corrected chi connectivity index (χ0v) is 14.2. The number of aliphatic imine (C=N–C) groups is 1. The van der Waals surface area contributed by atoms with Crippen LogP contribution in [0, 0.1) is 0 Å². The minimum absolute atomic E-state index is 0.307. The molecule has 5 nitrogen and oxygen atoms in total. The lowest BCUT2D eigenvalue weighted by atomic mass is 10.1. The molecule has 0 amide bonds. The van der Waals surface area contributed by atoms with Gasteiger partial charge in [0, 0.05) is 22.1 Å². The van der Waals surface area contributed by atoms with Gasteiger partial charge < -0.3 is 5.11 Å². The maximum absolute atomic E-state index is 11.6. The molecule has 0 saturated heterocycles. The zero-order chi connectivity index (χ0) is 17.9. The molecule has 0 aliphatic heterocycles. The third-order valence-corrected chi connectivity index (χ3v) is 4.00. The van der Waals surface area contributed by atoms with E-state index in [-0.39, 0.29) is 5.90 Å². The van der Waals surface area contributed by atoms with Gasteiger partial charge in [-0.3, -0.25) is 0 Å². The van der Waals surface area contributed by atoms with Crippen LogP contribution in [0.2, 0.25) is 0 Å². The Kier molecular flexibility index (Phi) is 4.11. The molecule has 0 spiro atoms. The third kappa shape index (κ3) is 3.02. The Morgan fingerprint density at radius 2 is 1.50 bits per heavy atom. The fourth-order valence-corrected chi connectivity index (χ4v) is 2.87. The predicted octanol–water partition coefficient (Wildman–Crippen LogP) is 2.66. The average molecular weight is 340 g/mol. The molecule has 4 aromatic rings. The van der Waals surface area contributed by atoms with Crippen molar-refractivity contribution in [3.8, 4) is 0 Å². The second kappa shape index (κ2) is 6.72. The van der Waals surface area contributed by atoms with Gasteiger partial charge in [-0.1, -0.05) is 60.7 Å². The molecule has 3 aromatic carbocycles. The summed E-state index contributed by atoms with van der Waals surface area (Å²) in [7, 11) is 0. The van der Waals surface area contributed by atoms with E-state index in [1.165, 1.54) is 6.92 Å². The molecular formula is C21H16N4O. The highest BCUT2D eigenvalue weighted by Gasteiger charge is 2.16. The summed E-state index contributed by atoms with van der Waals surface area (Å²) in [6, 6.07) is 25.2. The maximum Gasteiger partial charge on any atom is 0.276 e. The highest BCUT2D eigenvalue weighted by atomic mass is 16.3. The van der Waals surface area contributed by atoms with Crippen molar-refractivity contribution in [2.45, 2.75) is 6.92 Å². The van der Waals surface area contributed by atoms with Crippen molar-refractivity contribution in [2.24, 2.45) is 10.1 Å². The number of fused-ring (bicyclic) bond motifs is 3. The maximum atomic E-state index is 11.6. The molecule has 0 atom stereocenters. The smallest absolute Gasteiger partial charge is 0.276 e. The van der Waals surface area contributed by atoms with Gasteiger partial charge in [-0.05, 0) is 25.0 Å². The number of benzene rings is 3. The van der Waals surface area contributed by atoms with E-state index in [1.807, 2.05) is 78.9 Å². The van der Waals surface area contributed by atoms with Crippen molar-refractivity contribution in [2.75, 3.05) is 0 Å². The van der Waals surface area contributed by atoms with E-state index in [0.29, 0.717) is 5.84 Å². The van der Waals surface area contributed by atoms with Gasteiger partial charge in [0.1, 0.15) is 5.52 Å². The standard InChI is InChI=1S/C21H16N4O/c1-15(26)22-21(16-9-3-2-4-10-16)24-25-20-14-8-6-12-18(20)17-11-5-7-13-19(17)23-25/h2-14H,1H3. The molecule has 5 heteroatoms. The summed E-state index contributed by atoms with van der Waals surface area (Å²) >= 11 is 0. The van der Waals surface area contributed by atoms with Crippen molar-refractivity contribution in [1.29, 1.82) is 0 Å². The molecular weight excluding hydrogens is 324 g/mol. The van der Waals surface area contributed by atoms with Gasteiger partial charge in [0.05, 0.1) is 15.3 Å². The van der Waals surface area contributed by atoms with Crippen LogP contribution in [0.3, 0.4) is 0 Å². The van der Waals surface area contributed by atoms with E-state index in [0.717, 1.165) is 27.4 Å². The summed E-state index contributed by atoms with van der Waals surface area (Å²) in [5.41, 5.74) is 2.43. The van der Waals surface area contributed by atoms with E-state index in [9.17, 15) is 5.11 Å². The molecule has 0 aliphatic rings. The average Bonchev–Trinajstić information content (AvgIpc) is 2.68. The van der Waals surface area contributed by atoms with E-state index >= 15 is 0 Å². The minimum atomic E-state index is -0.307. The Hall–Kier alpha value is -3.60. The molecule has 0 fully saturated rings. The van der Waals surface area contributed by atoms with Crippen LogP contribution >= 0.6 is 0 Å². The van der Waals surface area contributed by atoms with Crippen molar-refractivity contribution in [1.82, 2.24) is 5.10 Å². The summed E-state index contributed by atoms with van der Waals surface area (Å²) in [5, 5.41) is 22.9. The van der Waals surface area contributed by atoms with Crippen molar-refractivity contribution >= 4 is 33.5 Å². The quantitative estimate of drug-likeness (QED) is 0.244. The number of amidine groups is 1. The summed E-state index contributed by atoms with van der Waals surface area (Å²) < 4.78 is 0. The van der Waals surface area contributed by atoms with Crippen LogP contribution < -0.4 is 9.90 Å². The van der Waals surface area contributed by atoms with Gasteiger partial charge in [-0.2, -0.15) is 0 Å². The van der Waals surface area contributed by atoms with Gasteiger partial charge >= 0.3 is 0 Å². The number of aromatic nitrogens is 2. The summed E-state index contributed by atoms with van der Waals surface area (Å²) in [6.45, 7) is 1.41. The first-order valence-corrected chi connectivity index (χ1v) is 8.29. The SMILES string of the molecule is CC([O-])=N/C(=N\[n+]1nc2ccccc2c2ccccc21)c1ccccc1. The largest absolute Gasteiger partial charge is 0.862 e. The van der Waals surface area contributed by atoms with E-state index in [2.05, 4.69) is 15.2 Å². The van der Waals surface area contributed by atoms with Gasteiger partial charge in [0.15, 0.2) is 0 Å². The highest BCUT2D eigenvalue weighted by Crippen LogP contribution is 2.20. The lowest BCUT2D eigenvalue weighted by Gasteiger charge is -2.04. The van der Waals surface area contributed by atoms with Crippen LogP contribution in [-0.4, -0.2) is 16.8 Å². The van der Waals surface area contributed by atoms with E-state index < -0.39 is 0 Å². The number of hydrogen-bond acceptors (Lipinski definition) is 3. The highest BCUT2D eigenvalue weighted by molar-refractivity contribution is 6.04. The van der Waals surface area contributed by atoms with Crippen LogP contribution in [0.5, 0.6) is 0 Å². The monoisotopic (exact) mass is 340 g/mol. The fourth-order valence-electron chi connectivity index (χ4n) is 2.87. The Balaban J connectivity index is 2.02. The van der Waals surface area contributed by atoms with Gasteiger partial charge in [0.25, 0.3) is 5.52 Å². The number of hydrogen-bond donors (Lipinski definition) is 0. The van der Waals surface area contributed by atoms with Crippen molar-refractivity contribution in [3.05, 3.63) is 84.4 Å². The Morgan fingerprint density at radius 3 is 2.27 bits per heavy atom. The first kappa shape index (κ1) is 15.9. The number of nitrogens with zero attached hydrogens (tertiary/aromatic N) is 4. The minimum Gasteiger partial charge on any atom is -0.862 e. The second-order valence-electron chi connectivity index (χ2n) is 5.84. The molecule has 126 valence electrons. The van der Waals surface area contributed by atoms with Gasteiger partial charge in [-0.15, -0.1) is 0 Å². The molecule has 1 aromatic heterocycles. The summed E-state index contributed by atoms with van der Waals surface area (Å²) in [4.78, 5) is 5.63. The fraction of sp³-hybridized carbons (Fsp3) is 0.0476. The number of para-hydroxylation sites is 1. The summed E-state index contributed by atoms with van der Waals surface area (Å²) in [6.07, 6.45) is 0. The van der Waals surface area contributed by atoms with E-state index in [1.54, 1.807) is 4.79 Å². The molecule has 0 radical (unpaired) electrons. The second-order valence-corrected chi connectivity index (χ2v) is 5.84. The van der Waals surface area contributed by atoms with Gasteiger partial charge in [-0.25, -0.2) is 4.99 Å². The first-order chi connectivity index (χ1) is 12.7. The Morgan fingerprint density at radius 1 is 0.846 bits per heavy atom. The summed E-state index contributed by atoms with van der Waals surface area (Å²) in [5.74, 6) is 0.0225. The molecule has 0 bridgehead atoms. The van der Waals surface area contributed by atoms with Crippen LogP contribution in [0.4, 0.5) is 0 Å². The topological polar surface area (TPSA) is 64.6 Å². The Labute approximate surface area is 150 Å². The molecule has 26 heavy (non-hydrogen) atoms. The Bertz CT molecular complexity index is 1150. The number of rotatable bonds is 2. The lowest BCUT2D eigenvalue weighted by Crippen LogP contribution is -2.35. The van der Waals surface area contributed by atoms with Crippen LogP contribution in [0.25, 0.3) is 21.8 Å².